The fourth-order valence-electron chi connectivity index (χ4n) is 1.95. The van der Waals surface area contributed by atoms with Gasteiger partial charge in [-0.3, -0.25) is 9.48 Å². The third-order valence-electron chi connectivity index (χ3n) is 2.94. The van der Waals surface area contributed by atoms with E-state index in [0.717, 1.165) is 5.75 Å². The zero-order valence-corrected chi connectivity index (χ0v) is 12.9. The number of rotatable bonds is 8. The molecule has 118 valence electrons. The number of hydrogen-bond acceptors (Lipinski definition) is 4. The van der Waals surface area contributed by atoms with Crippen molar-refractivity contribution < 1.29 is 14.3 Å². The van der Waals surface area contributed by atoms with Crippen molar-refractivity contribution in [1.29, 1.82) is 0 Å². The summed E-state index contributed by atoms with van der Waals surface area (Å²) in [5.74, 6) is 1.92. The van der Waals surface area contributed by atoms with Crippen molar-refractivity contribution in [2.45, 2.75) is 19.8 Å². The first-order chi connectivity index (χ1) is 10.7. The molecule has 0 aliphatic rings. The number of aryl methyl sites for hydroxylation is 1. The number of aromatic nitrogens is 2. The van der Waals surface area contributed by atoms with Gasteiger partial charge < -0.3 is 14.8 Å². The molecule has 22 heavy (non-hydrogen) atoms. The summed E-state index contributed by atoms with van der Waals surface area (Å²) in [4.78, 5) is 11.8. The third kappa shape index (κ3) is 4.80. The van der Waals surface area contributed by atoms with E-state index in [0.29, 0.717) is 37.6 Å². The Morgan fingerprint density at radius 3 is 2.59 bits per heavy atom. The average Bonchev–Trinajstić information content (AvgIpc) is 2.90. The minimum atomic E-state index is -0.0691. The van der Waals surface area contributed by atoms with Gasteiger partial charge in [0, 0.05) is 25.7 Å². The van der Waals surface area contributed by atoms with Crippen LogP contribution in [0.25, 0.3) is 0 Å². The van der Waals surface area contributed by atoms with Crippen LogP contribution < -0.4 is 14.8 Å². The second-order valence-corrected chi connectivity index (χ2v) is 4.75. The molecule has 6 heteroatoms. The molecule has 1 N–H and O–H groups in total. The van der Waals surface area contributed by atoms with Crippen molar-refractivity contribution in [3.8, 4) is 11.5 Å². The Labute approximate surface area is 130 Å². The Hall–Kier alpha value is -2.50. The highest BCUT2D eigenvalue weighted by Crippen LogP contribution is 2.26. The number of carbonyl (C=O) groups excluding carboxylic acids is 1. The molecule has 0 fully saturated rings. The van der Waals surface area contributed by atoms with Crippen molar-refractivity contribution in [3.63, 3.8) is 0 Å². The van der Waals surface area contributed by atoms with E-state index in [4.69, 9.17) is 9.47 Å². The molecular formula is C16H21N3O3. The fraction of sp³-hybridized carbons (Fsp3) is 0.375. The average molecular weight is 303 g/mol. The van der Waals surface area contributed by atoms with Crippen LogP contribution in [0.5, 0.6) is 11.5 Å². The molecule has 1 heterocycles. The van der Waals surface area contributed by atoms with Crippen LogP contribution in [0.3, 0.4) is 0 Å². The first-order valence-electron chi connectivity index (χ1n) is 7.33. The van der Waals surface area contributed by atoms with Crippen LogP contribution >= 0.6 is 0 Å². The predicted molar refractivity (Wildman–Crippen MR) is 84.2 cm³/mol. The number of carbonyl (C=O) groups is 1. The largest absolute Gasteiger partial charge is 0.490 e. The topological polar surface area (TPSA) is 65.4 Å². The van der Waals surface area contributed by atoms with Crippen molar-refractivity contribution in [1.82, 2.24) is 9.78 Å². The standard InChI is InChI=1S/C16H21N3O3/c1-3-21-13-7-4-5-8-14(13)22-12-6-9-16(20)17-15-10-11-19(2)18-15/h4-5,7-8,10-11H,3,6,9,12H2,1-2H3,(H,17,18,20). The van der Waals surface area contributed by atoms with E-state index in [2.05, 4.69) is 10.4 Å². The van der Waals surface area contributed by atoms with Gasteiger partial charge in [-0.1, -0.05) is 12.1 Å². The van der Waals surface area contributed by atoms with Gasteiger partial charge in [-0.25, -0.2) is 0 Å². The Morgan fingerprint density at radius 2 is 1.95 bits per heavy atom. The quantitative estimate of drug-likeness (QED) is 0.761. The fourth-order valence-corrected chi connectivity index (χ4v) is 1.95. The molecule has 0 saturated heterocycles. The second kappa shape index (κ2) is 8.07. The monoisotopic (exact) mass is 303 g/mol. The van der Waals surface area contributed by atoms with Gasteiger partial charge in [0.1, 0.15) is 0 Å². The van der Waals surface area contributed by atoms with Crippen molar-refractivity contribution in [2.75, 3.05) is 18.5 Å². The SMILES string of the molecule is CCOc1ccccc1OCCCC(=O)Nc1ccn(C)n1. The molecule has 6 nitrogen and oxygen atoms in total. The molecule has 1 aromatic heterocycles. The van der Waals surface area contributed by atoms with Gasteiger partial charge in [-0.05, 0) is 25.5 Å². The molecule has 2 aromatic rings. The number of benzene rings is 1. The maximum Gasteiger partial charge on any atom is 0.225 e. The van der Waals surface area contributed by atoms with Gasteiger partial charge in [-0.15, -0.1) is 0 Å². The summed E-state index contributed by atoms with van der Waals surface area (Å²) in [6.45, 7) is 2.98. The second-order valence-electron chi connectivity index (χ2n) is 4.75. The molecule has 0 aliphatic heterocycles. The molecule has 0 aliphatic carbocycles. The first-order valence-corrected chi connectivity index (χ1v) is 7.33. The van der Waals surface area contributed by atoms with E-state index >= 15 is 0 Å². The summed E-state index contributed by atoms with van der Waals surface area (Å²) in [7, 11) is 1.80. The Morgan fingerprint density at radius 1 is 1.23 bits per heavy atom. The van der Waals surface area contributed by atoms with Gasteiger partial charge in [0.15, 0.2) is 17.3 Å². The zero-order chi connectivity index (χ0) is 15.8. The number of amides is 1. The Kier molecular flexibility index (Phi) is 5.82. The highest BCUT2D eigenvalue weighted by molar-refractivity contribution is 5.89. The summed E-state index contributed by atoms with van der Waals surface area (Å²) in [6.07, 6.45) is 2.79. The van der Waals surface area contributed by atoms with E-state index < -0.39 is 0 Å². The predicted octanol–water partition coefficient (Wildman–Crippen LogP) is 2.62. The third-order valence-corrected chi connectivity index (χ3v) is 2.94. The van der Waals surface area contributed by atoms with Gasteiger partial charge in [0.25, 0.3) is 0 Å². The molecular weight excluding hydrogens is 282 g/mol. The summed E-state index contributed by atoms with van der Waals surface area (Å²) < 4.78 is 12.8. The van der Waals surface area contributed by atoms with E-state index in [1.807, 2.05) is 31.2 Å². The van der Waals surface area contributed by atoms with E-state index in [1.165, 1.54) is 0 Å². The zero-order valence-electron chi connectivity index (χ0n) is 12.9. The van der Waals surface area contributed by atoms with Crippen LogP contribution in [0, 0.1) is 0 Å². The molecule has 0 saturated carbocycles. The summed E-state index contributed by atoms with van der Waals surface area (Å²) in [5, 5.41) is 6.84. The number of anilines is 1. The van der Waals surface area contributed by atoms with Crippen LogP contribution in [0.15, 0.2) is 36.5 Å². The molecule has 0 atom stereocenters. The smallest absolute Gasteiger partial charge is 0.225 e. The minimum absolute atomic E-state index is 0.0691. The molecule has 1 amide bonds. The molecule has 0 spiro atoms. The van der Waals surface area contributed by atoms with Gasteiger partial charge in [0.05, 0.1) is 13.2 Å². The summed E-state index contributed by atoms with van der Waals surface area (Å²) >= 11 is 0. The van der Waals surface area contributed by atoms with E-state index in [9.17, 15) is 4.79 Å². The maximum absolute atomic E-state index is 11.8. The molecule has 1 aromatic carbocycles. The number of ether oxygens (including phenoxy) is 2. The maximum atomic E-state index is 11.8. The molecule has 2 rings (SSSR count). The Balaban J connectivity index is 1.71. The number of nitrogens with zero attached hydrogens (tertiary/aromatic N) is 2. The summed E-state index contributed by atoms with van der Waals surface area (Å²) in [5.41, 5.74) is 0. The number of nitrogens with one attached hydrogen (secondary N) is 1. The number of hydrogen-bond donors (Lipinski definition) is 1. The highest BCUT2D eigenvalue weighted by Gasteiger charge is 2.06. The van der Waals surface area contributed by atoms with Gasteiger partial charge in [-0.2, -0.15) is 5.10 Å². The van der Waals surface area contributed by atoms with Crippen LogP contribution in [0.4, 0.5) is 5.82 Å². The molecule has 0 unspecified atom stereocenters. The molecule has 0 bridgehead atoms. The van der Waals surface area contributed by atoms with Crippen molar-refractivity contribution in [3.05, 3.63) is 36.5 Å². The van der Waals surface area contributed by atoms with Crippen molar-refractivity contribution in [2.24, 2.45) is 7.05 Å². The van der Waals surface area contributed by atoms with E-state index in [1.54, 1.807) is 24.0 Å². The minimum Gasteiger partial charge on any atom is -0.490 e. The van der Waals surface area contributed by atoms with Gasteiger partial charge in [0.2, 0.25) is 5.91 Å². The van der Waals surface area contributed by atoms with Crippen LogP contribution in [-0.4, -0.2) is 28.9 Å². The first kappa shape index (κ1) is 15.9. The highest BCUT2D eigenvalue weighted by atomic mass is 16.5. The van der Waals surface area contributed by atoms with Crippen LogP contribution in [0.1, 0.15) is 19.8 Å². The molecule has 0 radical (unpaired) electrons. The van der Waals surface area contributed by atoms with Gasteiger partial charge >= 0.3 is 0 Å². The lowest BCUT2D eigenvalue weighted by Crippen LogP contribution is -2.13. The lowest BCUT2D eigenvalue weighted by atomic mass is 10.3. The Bertz CT molecular complexity index is 610. The van der Waals surface area contributed by atoms with Crippen molar-refractivity contribution >= 4 is 11.7 Å². The van der Waals surface area contributed by atoms with Crippen LogP contribution in [0.2, 0.25) is 0 Å². The summed E-state index contributed by atoms with van der Waals surface area (Å²) in [6, 6.07) is 9.28. The van der Waals surface area contributed by atoms with E-state index in [-0.39, 0.29) is 5.91 Å². The normalized spacial score (nSPS) is 10.3. The van der Waals surface area contributed by atoms with Crippen LogP contribution in [-0.2, 0) is 11.8 Å². The lowest BCUT2D eigenvalue weighted by Gasteiger charge is -2.11. The lowest BCUT2D eigenvalue weighted by molar-refractivity contribution is -0.116. The number of para-hydroxylation sites is 2.